The summed E-state index contributed by atoms with van der Waals surface area (Å²) >= 11 is 6.51. The highest BCUT2D eigenvalue weighted by Gasteiger charge is 2.74. The highest BCUT2D eigenvalue weighted by Crippen LogP contribution is 2.78. The average molecular weight is 813 g/mol. The summed E-state index contributed by atoms with van der Waals surface area (Å²) in [4.78, 5) is 30.9. The Morgan fingerprint density at radius 3 is 2.29 bits per heavy atom. The third-order valence-electron chi connectivity index (χ3n) is 15.3. The first-order valence-electron chi connectivity index (χ1n) is 20.4. The lowest BCUT2D eigenvalue weighted by Crippen LogP contribution is -2.67. The van der Waals surface area contributed by atoms with Gasteiger partial charge in [-0.1, -0.05) is 49.7 Å². The van der Waals surface area contributed by atoms with Crippen molar-refractivity contribution in [3.05, 3.63) is 106 Å². The molecule has 0 heterocycles. The van der Waals surface area contributed by atoms with Crippen LogP contribution < -0.4 is 19.5 Å². The van der Waals surface area contributed by atoms with E-state index in [0.717, 1.165) is 18.4 Å². The number of ketones is 1. The smallest absolute Gasteiger partial charge is 0.322 e. The largest absolute Gasteiger partial charge is 0.497 e. The van der Waals surface area contributed by atoms with Gasteiger partial charge in [0.25, 0.3) is 0 Å². The Hall–Kier alpha value is -4.38. The van der Waals surface area contributed by atoms with Crippen molar-refractivity contribution >= 4 is 29.1 Å². The molecule has 11 heteroatoms. The Labute approximate surface area is 345 Å². The molecule has 3 fully saturated rings. The number of carbonyl (C=O) groups is 2. The van der Waals surface area contributed by atoms with Crippen molar-refractivity contribution in [2.24, 2.45) is 33.5 Å². The van der Waals surface area contributed by atoms with Gasteiger partial charge in [-0.25, -0.2) is 9.18 Å². The van der Waals surface area contributed by atoms with Crippen molar-refractivity contribution in [2.45, 2.75) is 83.5 Å². The lowest BCUT2D eigenvalue weighted by Gasteiger charge is -2.71. The molecule has 6 aliphatic carbocycles. The summed E-state index contributed by atoms with van der Waals surface area (Å²) in [5, 5.41) is 27.6. The Morgan fingerprint density at radius 1 is 0.897 bits per heavy atom. The highest BCUT2D eigenvalue weighted by atomic mass is 35.5. The quantitative estimate of drug-likeness (QED) is 0.166. The van der Waals surface area contributed by atoms with Crippen LogP contribution in [0, 0.1) is 39.3 Å². The fourth-order valence-electron chi connectivity index (χ4n) is 12.2. The van der Waals surface area contributed by atoms with E-state index in [1.165, 1.54) is 12.1 Å². The molecule has 58 heavy (non-hydrogen) atoms. The molecule has 9 nitrogen and oxygen atoms in total. The highest BCUT2D eigenvalue weighted by molar-refractivity contribution is 6.31. The third kappa shape index (κ3) is 6.15. The second-order valence-corrected chi connectivity index (χ2v) is 18.2. The van der Waals surface area contributed by atoms with Gasteiger partial charge >= 0.3 is 6.03 Å². The number of nitrogens with zero attached hydrogens (tertiary/aromatic N) is 1. The number of methoxy groups -OCH3 is 3. The molecule has 3 aromatic rings. The number of hydrogen-bond donors (Lipinski definition) is 3. The molecule has 0 aromatic heterocycles. The molecule has 0 radical (unpaired) electrons. The van der Waals surface area contributed by atoms with Gasteiger partial charge in [-0.05, 0) is 111 Å². The molecule has 308 valence electrons. The average Bonchev–Trinajstić information content (AvgIpc) is 3.48. The molecule has 8 unspecified atom stereocenters. The molecular formula is C47H54ClFN2O7. The number of ether oxygens (including phenoxy) is 3. The predicted octanol–water partition coefficient (Wildman–Crippen LogP) is 8.94. The van der Waals surface area contributed by atoms with Gasteiger partial charge in [0.15, 0.2) is 5.78 Å². The number of aliphatic hydroxyl groups is 2. The van der Waals surface area contributed by atoms with Crippen LogP contribution in [0.1, 0.15) is 69.9 Å². The van der Waals surface area contributed by atoms with Gasteiger partial charge in [-0.15, -0.1) is 0 Å². The number of halogens is 2. The summed E-state index contributed by atoms with van der Waals surface area (Å²) in [5.41, 5.74) is -1.46. The van der Waals surface area contributed by atoms with E-state index in [2.05, 4.69) is 37.4 Å². The summed E-state index contributed by atoms with van der Waals surface area (Å²) < 4.78 is 31.8. The van der Waals surface area contributed by atoms with E-state index in [-0.39, 0.29) is 59.2 Å². The van der Waals surface area contributed by atoms with Crippen molar-refractivity contribution in [3.8, 4) is 17.2 Å². The van der Waals surface area contributed by atoms with Gasteiger partial charge in [-0.2, -0.15) is 0 Å². The normalized spacial score (nSPS) is 33.0. The van der Waals surface area contributed by atoms with E-state index in [1.54, 1.807) is 62.6 Å². The molecule has 8 atom stereocenters. The second-order valence-electron chi connectivity index (χ2n) is 17.8. The van der Waals surface area contributed by atoms with Crippen molar-refractivity contribution in [2.75, 3.05) is 33.2 Å². The molecule has 2 bridgehead atoms. The maximum atomic E-state index is 15.3. The van der Waals surface area contributed by atoms with Crippen molar-refractivity contribution in [1.29, 1.82) is 0 Å². The van der Waals surface area contributed by atoms with Crippen LogP contribution in [0.4, 0.5) is 14.9 Å². The summed E-state index contributed by atoms with van der Waals surface area (Å²) in [5.74, 6) is 1.00. The number of urea groups is 1. The zero-order valence-electron chi connectivity index (χ0n) is 33.9. The van der Waals surface area contributed by atoms with Crippen LogP contribution in [-0.2, 0) is 17.8 Å². The van der Waals surface area contributed by atoms with Crippen LogP contribution in [-0.4, -0.2) is 66.5 Å². The van der Waals surface area contributed by atoms with E-state index in [4.69, 9.17) is 25.8 Å². The summed E-state index contributed by atoms with van der Waals surface area (Å²) in [6.45, 7) is 4.62. The lowest BCUT2D eigenvalue weighted by molar-refractivity contribution is -0.177. The standard InChI is InChI=1S/C47H54ClFN2O7/c1-43-18-15-31(52)25-45(43)21-22-47(35(26-45)38(53)24-34-36(48)7-6-8-37(34)49)40(43)16-19-44(2)41(47)17-20-46(44,55)28-51(27-29-9-12-33(57-4)23-39(29)58-5)42(54)50-30-10-13-32(56-3)14-11-30/h6-14,21-23,26,31,40-41,52,55H,15-20,24-25,27-28H2,1-5H3,(H,50,54). The first kappa shape index (κ1) is 40.4. The van der Waals surface area contributed by atoms with Gasteiger partial charge < -0.3 is 34.6 Å². The summed E-state index contributed by atoms with van der Waals surface area (Å²) in [6, 6.07) is 16.6. The number of hydrogen-bond acceptors (Lipinski definition) is 7. The van der Waals surface area contributed by atoms with E-state index < -0.39 is 33.8 Å². The third-order valence-corrected chi connectivity index (χ3v) is 15.7. The fourth-order valence-corrected chi connectivity index (χ4v) is 12.4. The van der Waals surface area contributed by atoms with Crippen LogP contribution in [0.5, 0.6) is 17.2 Å². The van der Waals surface area contributed by atoms with Crippen molar-refractivity contribution in [1.82, 2.24) is 4.90 Å². The number of carbonyl (C=O) groups excluding carboxylic acids is 2. The molecule has 3 saturated carbocycles. The van der Waals surface area contributed by atoms with Gasteiger partial charge in [0, 0.05) is 56.1 Å². The molecule has 0 saturated heterocycles. The summed E-state index contributed by atoms with van der Waals surface area (Å²) in [6.07, 6.45) is 10.4. The Balaban J connectivity index is 1.18. The molecule has 2 amide bonds. The van der Waals surface area contributed by atoms with E-state index in [1.807, 2.05) is 12.1 Å². The molecular weight excluding hydrogens is 759 g/mol. The Kier molecular flexibility index (Phi) is 10.2. The molecule has 9 rings (SSSR count). The number of benzene rings is 3. The minimum Gasteiger partial charge on any atom is -0.497 e. The van der Waals surface area contributed by atoms with Crippen LogP contribution in [0.3, 0.4) is 0 Å². The number of fused-ring (bicyclic) bond motifs is 1. The fraction of sp³-hybridized carbons (Fsp3) is 0.489. The topological polar surface area (TPSA) is 118 Å². The van der Waals surface area contributed by atoms with Crippen LogP contribution in [0.15, 0.2) is 84.5 Å². The second kappa shape index (κ2) is 14.7. The van der Waals surface area contributed by atoms with Gasteiger partial charge in [0.1, 0.15) is 23.1 Å². The first-order valence-corrected chi connectivity index (χ1v) is 20.7. The number of aliphatic hydroxyl groups excluding tert-OH is 1. The van der Waals surface area contributed by atoms with E-state index in [9.17, 15) is 19.8 Å². The number of amides is 2. The van der Waals surface area contributed by atoms with Gasteiger partial charge in [0.2, 0.25) is 0 Å². The maximum Gasteiger partial charge on any atom is 0.322 e. The molecule has 2 spiro atoms. The predicted molar refractivity (Wildman–Crippen MR) is 221 cm³/mol. The number of nitrogens with one attached hydrogen (secondary N) is 1. The Morgan fingerprint density at radius 2 is 1.59 bits per heavy atom. The van der Waals surface area contributed by atoms with Crippen LogP contribution >= 0.6 is 11.6 Å². The zero-order valence-corrected chi connectivity index (χ0v) is 34.7. The van der Waals surface area contributed by atoms with E-state index in [0.29, 0.717) is 60.6 Å². The molecule has 3 aromatic carbocycles. The van der Waals surface area contributed by atoms with Crippen molar-refractivity contribution < 1.29 is 38.4 Å². The van der Waals surface area contributed by atoms with Crippen LogP contribution in [0.25, 0.3) is 0 Å². The SMILES string of the molecule is COc1ccc(NC(=O)N(Cc2ccc(OC)cc2OC)CC2(O)CCC3C45C=CC6(C=C4C(=O)Cc4c(F)cccc4Cl)CC(O)CCC6(C)C5CCC32C)cc1. The first-order chi connectivity index (χ1) is 27.7. The van der Waals surface area contributed by atoms with E-state index >= 15 is 4.39 Å². The monoisotopic (exact) mass is 812 g/mol. The van der Waals surface area contributed by atoms with Crippen LogP contribution in [0.2, 0.25) is 5.02 Å². The minimum absolute atomic E-state index is 0.0207. The van der Waals surface area contributed by atoms with Gasteiger partial charge in [-0.3, -0.25) is 4.79 Å². The maximum absolute atomic E-state index is 15.3. The number of rotatable bonds is 11. The minimum atomic E-state index is -1.35. The van der Waals surface area contributed by atoms with Crippen molar-refractivity contribution in [3.63, 3.8) is 0 Å². The summed E-state index contributed by atoms with van der Waals surface area (Å²) in [7, 11) is 4.74. The number of Topliss-reactive ketones (excluding diaryl/α,β-unsaturated/α-hetero) is 1. The van der Waals surface area contributed by atoms with Gasteiger partial charge in [0.05, 0.1) is 46.1 Å². The lowest BCUT2D eigenvalue weighted by atomic mass is 9.32. The number of allylic oxidation sites excluding steroid dienone is 4. The number of anilines is 1. The molecule has 0 aliphatic heterocycles. The molecule has 3 N–H and O–H groups in total. The zero-order chi connectivity index (χ0) is 41.3. The Bertz CT molecular complexity index is 2160. The molecule has 6 aliphatic rings.